The van der Waals surface area contributed by atoms with Gasteiger partial charge in [-0.1, -0.05) is 40.2 Å². The predicted molar refractivity (Wildman–Crippen MR) is 123 cm³/mol. The van der Waals surface area contributed by atoms with Crippen LogP contribution in [0.15, 0.2) is 86.8 Å². The number of hydrazone groups is 1. The van der Waals surface area contributed by atoms with Crippen LogP contribution in [0.4, 0.5) is 0 Å². The molecule has 1 aromatic heterocycles. The second-order valence-electron chi connectivity index (χ2n) is 6.67. The number of ether oxygens (including phenoxy) is 2. The zero-order valence-corrected chi connectivity index (χ0v) is 18.3. The summed E-state index contributed by atoms with van der Waals surface area (Å²) in [4.78, 5) is 12.3. The van der Waals surface area contributed by atoms with Gasteiger partial charge in [0.25, 0.3) is 0 Å². The molecule has 0 bridgehead atoms. The van der Waals surface area contributed by atoms with Crippen molar-refractivity contribution in [3.05, 3.63) is 94.2 Å². The summed E-state index contributed by atoms with van der Waals surface area (Å²) in [6, 6.07) is 22.5. The summed E-state index contributed by atoms with van der Waals surface area (Å²) in [6.07, 6.45) is 1.56. The minimum atomic E-state index is -0.441. The molecule has 0 aliphatic carbocycles. The minimum absolute atomic E-state index is 0.160. The van der Waals surface area contributed by atoms with Crippen LogP contribution in [0.5, 0.6) is 11.5 Å². The van der Waals surface area contributed by atoms with Crippen LogP contribution in [0.3, 0.4) is 0 Å². The van der Waals surface area contributed by atoms with Gasteiger partial charge < -0.3 is 13.9 Å². The van der Waals surface area contributed by atoms with Gasteiger partial charge in [0, 0.05) is 9.86 Å². The Bertz CT molecular complexity index is 1210. The molecule has 31 heavy (non-hydrogen) atoms. The molecule has 0 saturated carbocycles. The highest BCUT2D eigenvalue weighted by Gasteiger charge is 2.14. The lowest BCUT2D eigenvalue weighted by atomic mass is 10.2. The zero-order chi connectivity index (χ0) is 21.6. The van der Waals surface area contributed by atoms with Gasteiger partial charge in [0.1, 0.15) is 12.4 Å². The van der Waals surface area contributed by atoms with E-state index in [0.717, 1.165) is 26.7 Å². The molecule has 0 aliphatic rings. The number of fused-ring (bicyclic) bond motifs is 1. The van der Waals surface area contributed by atoms with Crippen LogP contribution in [-0.4, -0.2) is 19.2 Å². The van der Waals surface area contributed by atoms with E-state index in [2.05, 4.69) is 26.5 Å². The smallest absolute Gasteiger partial charge is 0.307 e. The van der Waals surface area contributed by atoms with E-state index in [9.17, 15) is 4.79 Å². The monoisotopic (exact) mass is 478 g/mol. The van der Waals surface area contributed by atoms with Gasteiger partial charge in [-0.2, -0.15) is 5.10 Å². The Morgan fingerprint density at radius 1 is 1.10 bits per heavy atom. The third-order valence-electron chi connectivity index (χ3n) is 4.53. The van der Waals surface area contributed by atoms with E-state index in [4.69, 9.17) is 13.9 Å². The lowest BCUT2D eigenvalue weighted by Crippen LogP contribution is -2.16. The molecule has 6 nitrogen and oxygen atoms in total. The van der Waals surface area contributed by atoms with Gasteiger partial charge in [0.05, 0.1) is 13.3 Å². The number of carbonyl (C=O) groups is 1. The number of methoxy groups -OCH3 is 1. The number of benzene rings is 3. The highest BCUT2D eigenvalue weighted by molar-refractivity contribution is 9.10. The number of hydrogen-bond acceptors (Lipinski definition) is 5. The van der Waals surface area contributed by atoms with Crippen molar-refractivity contribution in [3.8, 4) is 11.5 Å². The molecule has 4 aromatic rings. The average molecular weight is 479 g/mol. The van der Waals surface area contributed by atoms with Crippen LogP contribution in [0.1, 0.15) is 21.7 Å². The molecule has 1 heterocycles. The third-order valence-corrected chi connectivity index (χ3v) is 5.06. The Balaban J connectivity index is 1.33. The van der Waals surface area contributed by atoms with E-state index in [1.165, 1.54) is 0 Å². The molecule has 0 atom stereocenters. The van der Waals surface area contributed by atoms with Crippen LogP contribution in [-0.2, 0) is 6.61 Å². The van der Waals surface area contributed by atoms with E-state index in [1.54, 1.807) is 25.5 Å². The second kappa shape index (κ2) is 9.49. The lowest BCUT2D eigenvalue weighted by Gasteiger charge is -2.06. The lowest BCUT2D eigenvalue weighted by molar-refractivity contribution is 0.0929. The van der Waals surface area contributed by atoms with Crippen molar-refractivity contribution in [1.82, 2.24) is 5.43 Å². The molecule has 0 unspecified atom stereocenters. The van der Waals surface area contributed by atoms with E-state index >= 15 is 0 Å². The Hall–Kier alpha value is -3.58. The SMILES string of the molecule is COc1cccc2cc(C(=O)N/N=C\c3ccc(OCc4ccc(Br)cc4)cc3)oc12. The van der Waals surface area contributed by atoms with E-state index in [-0.39, 0.29) is 5.76 Å². The Kier molecular flexibility index (Phi) is 6.33. The number of halogens is 1. The summed E-state index contributed by atoms with van der Waals surface area (Å²) in [5, 5.41) is 4.79. The number of nitrogens with zero attached hydrogens (tertiary/aromatic N) is 1. The molecule has 4 rings (SSSR count). The Labute approximate surface area is 187 Å². The summed E-state index contributed by atoms with van der Waals surface area (Å²) in [5.41, 5.74) is 4.90. The topological polar surface area (TPSA) is 73.1 Å². The molecule has 0 radical (unpaired) electrons. The molecule has 0 spiro atoms. The number of carbonyl (C=O) groups excluding carboxylic acids is 1. The summed E-state index contributed by atoms with van der Waals surface area (Å²) in [6.45, 7) is 0.485. The van der Waals surface area contributed by atoms with Gasteiger partial charge in [0.15, 0.2) is 17.1 Å². The molecular weight excluding hydrogens is 460 g/mol. The normalized spacial score (nSPS) is 11.0. The molecule has 156 valence electrons. The molecule has 0 aliphatic heterocycles. The van der Waals surface area contributed by atoms with Crippen LogP contribution in [0.2, 0.25) is 0 Å². The van der Waals surface area contributed by atoms with Gasteiger partial charge >= 0.3 is 5.91 Å². The number of hydrogen-bond donors (Lipinski definition) is 1. The van der Waals surface area contributed by atoms with Crippen molar-refractivity contribution in [2.75, 3.05) is 7.11 Å². The molecule has 1 N–H and O–H groups in total. The van der Waals surface area contributed by atoms with Crippen LogP contribution >= 0.6 is 15.9 Å². The summed E-state index contributed by atoms with van der Waals surface area (Å²) >= 11 is 3.42. The van der Waals surface area contributed by atoms with Crippen molar-refractivity contribution in [2.24, 2.45) is 5.10 Å². The quantitative estimate of drug-likeness (QED) is 0.279. The number of amides is 1. The summed E-state index contributed by atoms with van der Waals surface area (Å²) in [5.74, 6) is 1.04. The first-order chi connectivity index (χ1) is 15.1. The van der Waals surface area contributed by atoms with Gasteiger partial charge in [-0.15, -0.1) is 0 Å². The van der Waals surface area contributed by atoms with Gasteiger partial charge in [-0.25, -0.2) is 5.43 Å². The van der Waals surface area contributed by atoms with Crippen molar-refractivity contribution in [1.29, 1.82) is 0 Å². The highest BCUT2D eigenvalue weighted by Crippen LogP contribution is 2.28. The van der Waals surface area contributed by atoms with Crippen molar-refractivity contribution in [3.63, 3.8) is 0 Å². The standard InChI is InChI=1S/C24H19BrN2O4/c1-29-21-4-2-3-18-13-22(31-23(18)21)24(28)27-26-14-16-7-11-20(12-8-16)30-15-17-5-9-19(25)10-6-17/h2-14H,15H2,1H3,(H,27,28)/b26-14-. The maximum absolute atomic E-state index is 12.3. The summed E-state index contributed by atoms with van der Waals surface area (Å²) in [7, 11) is 1.55. The first-order valence-electron chi connectivity index (χ1n) is 9.49. The molecule has 0 fully saturated rings. The van der Waals surface area contributed by atoms with E-state index in [0.29, 0.717) is 17.9 Å². The van der Waals surface area contributed by atoms with Crippen molar-refractivity contribution < 1.29 is 18.7 Å². The molecule has 3 aromatic carbocycles. The van der Waals surface area contributed by atoms with Gasteiger partial charge in [-0.3, -0.25) is 4.79 Å². The minimum Gasteiger partial charge on any atom is -0.493 e. The third kappa shape index (κ3) is 5.13. The molecule has 7 heteroatoms. The van der Waals surface area contributed by atoms with Gasteiger partial charge in [0.2, 0.25) is 0 Å². The predicted octanol–water partition coefficient (Wildman–Crippen LogP) is 5.55. The summed E-state index contributed by atoms with van der Waals surface area (Å²) < 4.78 is 17.7. The fourth-order valence-corrected chi connectivity index (χ4v) is 3.19. The largest absolute Gasteiger partial charge is 0.493 e. The average Bonchev–Trinajstić information content (AvgIpc) is 3.24. The number of rotatable bonds is 7. The zero-order valence-electron chi connectivity index (χ0n) is 16.7. The van der Waals surface area contributed by atoms with Crippen LogP contribution in [0.25, 0.3) is 11.0 Å². The van der Waals surface area contributed by atoms with Crippen LogP contribution < -0.4 is 14.9 Å². The van der Waals surface area contributed by atoms with Crippen molar-refractivity contribution >= 4 is 39.0 Å². The number of furan rings is 1. The molecular formula is C24H19BrN2O4. The Morgan fingerprint density at radius 3 is 2.61 bits per heavy atom. The van der Waals surface area contributed by atoms with Crippen molar-refractivity contribution in [2.45, 2.75) is 6.61 Å². The molecule has 1 amide bonds. The van der Waals surface area contributed by atoms with E-state index in [1.807, 2.05) is 60.7 Å². The van der Waals surface area contributed by atoms with Crippen LogP contribution in [0, 0.1) is 0 Å². The maximum Gasteiger partial charge on any atom is 0.307 e. The van der Waals surface area contributed by atoms with E-state index < -0.39 is 5.91 Å². The highest BCUT2D eigenvalue weighted by atomic mass is 79.9. The Morgan fingerprint density at radius 2 is 1.87 bits per heavy atom. The fourth-order valence-electron chi connectivity index (χ4n) is 2.93. The fraction of sp³-hybridized carbons (Fsp3) is 0.0833. The number of nitrogens with one attached hydrogen (secondary N) is 1. The second-order valence-corrected chi connectivity index (χ2v) is 7.59. The first kappa shape index (κ1) is 20.7. The van der Waals surface area contributed by atoms with Gasteiger partial charge in [-0.05, 0) is 59.7 Å². The molecule has 0 saturated heterocycles. The maximum atomic E-state index is 12.3. The number of para-hydroxylation sites is 1. The first-order valence-corrected chi connectivity index (χ1v) is 10.3.